The fraction of sp³-hybridized carbons (Fsp3) is 0.240. The van der Waals surface area contributed by atoms with Crippen LogP contribution in [-0.2, 0) is 17.6 Å². The molecule has 0 fully saturated rings. The molecule has 0 spiro atoms. The van der Waals surface area contributed by atoms with E-state index in [-0.39, 0.29) is 34.9 Å². The highest BCUT2D eigenvalue weighted by molar-refractivity contribution is 6.31. The molecule has 0 bridgehead atoms. The second-order valence-corrected chi connectivity index (χ2v) is 8.50. The number of unbranched alkanes of at least 4 members (excludes halogenated alkanes) is 1. The van der Waals surface area contributed by atoms with Crippen molar-refractivity contribution in [3.63, 3.8) is 0 Å². The number of nitrogens with zero attached hydrogens (tertiary/aromatic N) is 2. The average Bonchev–Trinajstić information content (AvgIpc) is 2.85. The van der Waals surface area contributed by atoms with Crippen LogP contribution in [0.25, 0.3) is 11.1 Å². The number of aliphatic carboxylic acids is 1. The first-order valence-electron chi connectivity index (χ1n) is 11.3. The lowest BCUT2D eigenvalue weighted by Gasteiger charge is -2.11. The van der Waals surface area contributed by atoms with Gasteiger partial charge >= 0.3 is 5.97 Å². The summed E-state index contributed by atoms with van der Waals surface area (Å²) in [4.78, 5) is 30.5. The molecular weight excluding hydrogens is 482 g/mol. The molecule has 1 amide bonds. The Morgan fingerprint density at radius 3 is 2.42 bits per heavy atom. The van der Waals surface area contributed by atoms with Crippen LogP contribution in [0.4, 0.5) is 11.6 Å². The number of aryl methyl sites for hydroxylation is 2. The number of anilines is 2. The van der Waals surface area contributed by atoms with Gasteiger partial charge in [0.25, 0.3) is 5.91 Å². The van der Waals surface area contributed by atoms with Crippen LogP contribution in [0.3, 0.4) is 0 Å². The minimum absolute atomic E-state index is 0.0738. The molecule has 0 radical (unpaired) electrons. The summed E-state index contributed by atoms with van der Waals surface area (Å²) in [5.41, 5.74) is 15.3. The van der Waals surface area contributed by atoms with Gasteiger partial charge in [-0.1, -0.05) is 60.1 Å². The Labute approximate surface area is 213 Å². The topological polar surface area (TPSA) is 180 Å². The maximum absolute atomic E-state index is 12.2. The Balaban J connectivity index is 1.42. The van der Waals surface area contributed by atoms with Gasteiger partial charge in [-0.3, -0.25) is 20.3 Å². The predicted molar refractivity (Wildman–Crippen MR) is 140 cm³/mol. The lowest BCUT2D eigenvalue weighted by atomic mass is 9.99. The monoisotopic (exact) mass is 509 g/mol. The maximum Gasteiger partial charge on any atom is 0.303 e. The molecular formula is C25H28ClN7O3. The van der Waals surface area contributed by atoms with Gasteiger partial charge in [0.1, 0.15) is 0 Å². The number of aromatic nitrogens is 2. The molecule has 2 aromatic carbocycles. The minimum Gasteiger partial charge on any atom is -0.481 e. The van der Waals surface area contributed by atoms with Gasteiger partial charge in [-0.2, -0.15) is 0 Å². The number of hydrogen-bond acceptors (Lipinski definition) is 7. The van der Waals surface area contributed by atoms with E-state index >= 15 is 0 Å². The summed E-state index contributed by atoms with van der Waals surface area (Å²) in [7, 11) is 0. The van der Waals surface area contributed by atoms with Crippen molar-refractivity contribution in [1.29, 1.82) is 5.41 Å². The van der Waals surface area contributed by atoms with Gasteiger partial charge in [0.05, 0.1) is 0 Å². The standard InChI is InChI=1S/C25H28ClN7O3/c26-21-23(28)32-22(27)20(31-21)24(36)33-25(29)30-13-2-1-4-16-5-3-6-18(14-16)17-10-7-15(8-11-17)9-12-19(34)35/h3,5-8,10-11,14H,1-2,4,9,12-13H2,(H,34,35)(H4,27,28,32)(H3,29,30,33,36). The van der Waals surface area contributed by atoms with Crippen molar-refractivity contribution in [3.8, 4) is 11.1 Å². The van der Waals surface area contributed by atoms with E-state index in [2.05, 4.69) is 32.7 Å². The summed E-state index contributed by atoms with van der Waals surface area (Å²) in [5, 5.41) is 21.8. The SMILES string of the molecule is N=C(NCCCCc1cccc(-c2ccc(CCC(=O)O)cc2)c1)NC(=O)c1nc(Cl)c(N)nc1N. The number of benzene rings is 2. The van der Waals surface area contributed by atoms with Crippen LogP contribution in [-0.4, -0.2) is 39.5 Å². The van der Waals surface area contributed by atoms with E-state index in [0.717, 1.165) is 36.0 Å². The zero-order valence-electron chi connectivity index (χ0n) is 19.6. The third-order valence-corrected chi connectivity index (χ3v) is 5.67. The summed E-state index contributed by atoms with van der Waals surface area (Å²) in [5.74, 6) is -1.92. The molecule has 188 valence electrons. The number of nitrogens with two attached hydrogens (primary N) is 2. The first-order chi connectivity index (χ1) is 17.2. The van der Waals surface area contributed by atoms with Crippen molar-refractivity contribution < 1.29 is 14.7 Å². The zero-order chi connectivity index (χ0) is 26.1. The Kier molecular flexibility index (Phi) is 9.18. The van der Waals surface area contributed by atoms with Crippen LogP contribution in [0.1, 0.15) is 40.9 Å². The fourth-order valence-electron chi connectivity index (χ4n) is 3.51. The van der Waals surface area contributed by atoms with Gasteiger partial charge < -0.3 is 21.9 Å². The van der Waals surface area contributed by atoms with Crippen molar-refractivity contribution in [2.75, 3.05) is 18.0 Å². The van der Waals surface area contributed by atoms with Gasteiger partial charge in [0.2, 0.25) is 0 Å². The maximum atomic E-state index is 12.2. The largest absolute Gasteiger partial charge is 0.481 e. The fourth-order valence-corrected chi connectivity index (χ4v) is 3.64. The number of carbonyl (C=O) groups is 2. The number of nitrogen functional groups attached to an aromatic ring is 2. The molecule has 3 aromatic rings. The molecule has 0 aliphatic heterocycles. The Morgan fingerprint density at radius 2 is 1.69 bits per heavy atom. The van der Waals surface area contributed by atoms with Crippen molar-refractivity contribution in [1.82, 2.24) is 20.6 Å². The molecule has 8 N–H and O–H groups in total. The number of nitrogens with one attached hydrogen (secondary N) is 3. The molecule has 36 heavy (non-hydrogen) atoms. The van der Waals surface area contributed by atoms with Crippen molar-refractivity contribution in [2.24, 2.45) is 0 Å². The predicted octanol–water partition coefficient (Wildman–Crippen LogP) is 3.26. The first kappa shape index (κ1) is 26.4. The molecule has 0 aliphatic rings. The second-order valence-electron chi connectivity index (χ2n) is 8.14. The van der Waals surface area contributed by atoms with Gasteiger partial charge in [-0.15, -0.1) is 0 Å². The summed E-state index contributed by atoms with van der Waals surface area (Å²) >= 11 is 5.79. The van der Waals surface area contributed by atoms with Crippen LogP contribution in [0.5, 0.6) is 0 Å². The van der Waals surface area contributed by atoms with E-state index < -0.39 is 11.9 Å². The van der Waals surface area contributed by atoms with Gasteiger partial charge in [0.15, 0.2) is 28.4 Å². The summed E-state index contributed by atoms with van der Waals surface area (Å²) in [6.45, 7) is 0.500. The van der Waals surface area contributed by atoms with Crippen LogP contribution < -0.4 is 22.1 Å². The van der Waals surface area contributed by atoms with E-state index in [1.165, 1.54) is 5.56 Å². The molecule has 10 nitrogen and oxygen atoms in total. The number of amides is 1. The third-order valence-electron chi connectivity index (χ3n) is 5.39. The molecule has 3 rings (SSSR count). The highest BCUT2D eigenvalue weighted by Gasteiger charge is 2.17. The molecule has 0 saturated heterocycles. The normalized spacial score (nSPS) is 10.6. The molecule has 0 unspecified atom stereocenters. The number of halogens is 1. The Bertz CT molecular complexity index is 1250. The smallest absolute Gasteiger partial charge is 0.303 e. The third kappa shape index (κ3) is 7.67. The molecule has 0 atom stereocenters. The van der Waals surface area contributed by atoms with Crippen LogP contribution >= 0.6 is 11.6 Å². The lowest BCUT2D eigenvalue weighted by molar-refractivity contribution is -0.136. The van der Waals surface area contributed by atoms with E-state index in [4.69, 9.17) is 33.6 Å². The molecule has 0 saturated carbocycles. The van der Waals surface area contributed by atoms with E-state index in [1.807, 2.05) is 36.4 Å². The number of carboxylic acids is 1. The van der Waals surface area contributed by atoms with Crippen molar-refractivity contribution in [2.45, 2.75) is 32.1 Å². The minimum atomic E-state index is -0.799. The van der Waals surface area contributed by atoms with Crippen LogP contribution in [0.15, 0.2) is 48.5 Å². The average molecular weight is 510 g/mol. The van der Waals surface area contributed by atoms with Gasteiger partial charge in [0, 0.05) is 13.0 Å². The van der Waals surface area contributed by atoms with Crippen LogP contribution in [0, 0.1) is 5.41 Å². The highest BCUT2D eigenvalue weighted by Crippen LogP contribution is 2.22. The number of guanidine groups is 1. The van der Waals surface area contributed by atoms with Crippen LogP contribution in [0.2, 0.25) is 5.15 Å². The first-order valence-corrected chi connectivity index (χ1v) is 11.7. The van der Waals surface area contributed by atoms with E-state index in [1.54, 1.807) is 0 Å². The summed E-state index contributed by atoms with van der Waals surface area (Å²) < 4.78 is 0. The lowest BCUT2D eigenvalue weighted by Crippen LogP contribution is -2.41. The number of hydrogen-bond donors (Lipinski definition) is 6. The zero-order valence-corrected chi connectivity index (χ0v) is 20.3. The summed E-state index contributed by atoms with van der Waals surface area (Å²) in [6, 6.07) is 16.2. The van der Waals surface area contributed by atoms with Gasteiger partial charge in [-0.05, 0) is 47.9 Å². The van der Waals surface area contributed by atoms with Crippen molar-refractivity contribution in [3.05, 3.63) is 70.5 Å². The highest BCUT2D eigenvalue weighted by atomic mass is 35.5. The molecule has 11 heteroatoms. The number of carbonyl (C=O) groups excluding carboxylic acids is 1. The van der Waals surface area contributed by atoms with E-state index in [0.29, 0.717) is 13.0 Å². The molecule has 1 aromatic heterocycles. The Morgan fingerprint density at radius 1 is 0.944 bits per heavy atom. The second kappa shape index (κ2) is 12.5. The number of carboxylic acid groups (broad SMARTS) is 1. The summed E-state index contributed by atoms with van der Waals surface area (Å²) in [6.07, 6.45) is 3.18. The van der Waals surface area contributed by atoms with Crippen molar-refractivity contribution >= 4 is 41.1 Å². The Hall–Kier alpha value is -4.18. The number of rotatable bonds is 10. The van der Waals surface area contributed by atoms with Gasteiger partial charge in [-0.25, -0.2) is 9.97 Å². The molecule has 0 aliphatic carbocycles. The quantitative estimate of drug-likeness (QED) is 0.137. The van der Waals surface area contributed by atoms with E-state index in [9.17, 15) is 9.59 Å². The molecule has 1 heterocycles.